The molecule has 0 aliphatic carbocycles. The van der Waals surface area contributed by atoms with Gasteiger partial charge in [0.25, 0.3) is 11.9 Å². The van der Waals surface area contributed by atoms with Crippen LogP contribution in [0.1, 0.15) is 10.5 Å². The Labute approximate surface area is 184 Å². The molecule has 2 heterocycles. The number of hydroxylamine groups is 1. The molecule has 0 radical (unpaired) electrons. The Kier molecular flexibility index (Phi) is 6.79. The number of carbonyl (C=O) groups is 1. The molecule has 1 aliphatic heterocycles. The van der Waals surface area contributed by atoms with Gasteiger partial charge in [-0.2, -0.15) is 0 Å². The third kappa shape index (κ3) is 5.49. The molecule has 1 amide bonds. The number of hydrogen-bond donors (Lipinski definition) is 2. The Morgan fingerprint density at radius 1 is 1.39 bits per heavy atom. The topological polar surface area (TPSA) is 111 Å². The Morgan fingerprint density at radius 3 is 2.81 bits per heavy atom. The fourth-order valence-electron chi connectivity index (χ4n) is 2.49. The predicted octanol–water partition coefficient (Wildman–Crippen LogP) is 2.76. The maximum atomic E-state index is 13.4. The average molecular weight is 471 g/mol. The normalized spacial score (nSPS) is 14.4. The lowest BCUT2D eigenvalue weighted by Crippen LogP contribution is -2.45. The summed E-state index contributed by atoms with van der Waals surface area (Å²) in [5.41, 5.74) is 3.02. The van der Waals surface area contributed by atoms with E-state index in [-0.39, 0.29) is 22.5 Å². The number of halogens is 2. The van der Waals surface area contributed by atoms with Gasteiger partial charge in [0.1, 0.15) is 5.82 Å². The highest BCUT2D eigenvalue weighted by atomic mass is 35.5. The summed E-state index contributed by atoms with van der Waals surface area (Å²) in [6.45, 7) is 7.25. The number of carbonyl (C=O) groups excluding carboxylic acids is 1. The van der Waals surface area contributed by atoms with Crippen molar-refractivity contribution in [2.75, 3.05) is 30.9 Å². The summed E-state index contributed by atoms with van der Waals surface area (Å²) < 4.78 is 18.2. The second-order valence-corrected chi connectivity index (χ2v) is 14.1. The maximum Gasteiger partial charge on any atom is 0.284 e. The van der Waals surface area contributed by atoms with Gasteiger partial charge in [-0.25, -0.2) is 14.6 Å². The number of hydrazone groups is 1. The molecule has 1 aromatic carbocycles. The molecular formula is C17H24ClFN8O3Si. The van der Waals surface area contributed by atoms with Crippen molar-refractivity contribution in [1.29, 1.82) is 0 Å². The zero-order chi connectivity index (χ0) is 22.8. The minimum Gasteiger partial charge on any atom is -0.310 e. The van der Waals surface area contributed by atoms with Crippen LogP contribution in [-0.4, -0.2) is 61.2 Å². The van der Waals surface area contributed by atoms with E-state index in [1.54, 1.807) is 7.05 Å². The van der Waals surface area contributed by atoms with Crippen molar-refractivity contribution >= 4 is 43.0 Å². The van der Waals surface area contributed by atoms with E-state index in [0.29, 0.717) is 12.3 Å². The number of aromatic nitrogens is 2. The molecule has 2 aromatic rings. The Morgan fingerprint density at radius 2 is 2.13 bits per heavy atom. The summed E-state index contributed by atoms with van der Waals surface area (Å²) >= 11 is 5.82. The Hall–Kier alpha value is -2.74. The number of hydrogen-bond acceptors (Lipinski definition) is 10. The van der Waals surface area contributed by atoms with Gasteiger partial charge in [-0.1, -0.05) is 36.4 Å². The van der Waals surface area contributed by atoms with E-state index in [4.69, 9.17) is 21.1 Å². The number of hydrazine groups is 2. The van der Waals surface area contributed by atoms with Crippen LogP contribution in [0.2, 0.25) is 30.7 Å². The van der Waals surface area contributed by atoms with Crippen molar-refractivity contribution in [2.45, 2.75) is 25.7 Å². The molecule has 0 unspecified atom stereocenters. The molecule has 11 nitrogen and oxygen atoms in total. The van der Waals surface area contributed by atoms with Crippen LogP contribution in [-0.2, 0) is 4.84 Å². The van der Waals surface area contributed by atoms with Crippen molar-refractivity contribution in [3.63, 3.8) is 0 Å². The highest BCUT2D eigenvalue weighted by Crippen LogP contribution is 2.24. The number of nitrogens with one attached hydrogen (secondary N) is 2. The first kappa shape index (κ1) is 22.9. The van der Waals surface area contributed by atoms with E-state index in [2.05, 4.69) is 45.9 Å². The first-order chi connectivity index (χ1) is 14.6. The third-order valence-electron chi connectivity index (χ3n) is 4.34. The monoisotopic (exact) mass is 470 g/mol. The van der Waals surface area contributed by atoms with Crippen molar-refractivity contribution in [1.82, 2.24) is 26.1 Å². The van der Waals surface area contributed by atoms with Crippen LogP contribution in [0.3, 0.4) is 0 Å². The lowest BCUT2D eigenvalue weighted by atomic mass is 10.2. The Bertz CT molecular complexity index is 983. The largest absolute Gasteiger partial charge is 0.310 e. The summed E-state index contributed by atoms with van der Waals surface area (Å²) in [6, 6.07) is 4.88. The SMILES string of the molecule is CN(C(=O)c1nonc1NC1=NNN(C)N1OCC[Si](C)(C)C)c1ccc(F)c(Cl)c1. The first-order valence-corrected chi connectivity index (χ1v) is 13.5. The standard InChI is InChI=1S/C17H24ClFN8O3Si/c1-25(11-6-7-13(19)12(18)10-11)16(28)14-15(23-30-22-14)20-17-21-24-26(2)27(17)29-8-9-31(3,4)5/h6-7,10,24H,8-9H2,1-5H3,(H,20,21,23). The molecule has 0 atom stereocenters. The van der Waals surface area contributed by atoms with Gasteiger partial charge in [0.2, 0.25) is 11.5 Å². The van der Waals surface area contributed by atoms with Gasteiger partial charge in [0, 0.05) is 27.9 Å². The van der Waals surface area contributed by atoms with E-state index >= 15 is 0 Å². The summed E-state index contributed by atoms with van der Waals surface area (Å²) in [5, 5.41) is 17.3. The fourth-order valence-corrected chi connectivity index (χ4v) is 3.37. The van der Waals surface area contributed by atoms with Gasteiger partial charge >= 0.3 is 0 Å². The molecule has 168 valence electrons. The second kappa shape index (κ2) is 9.17. The van der Waals surface area contributed by atoms with Crippen LogP contribution in [0, 0.1) is 5.82 Å². The van der Waals surface area contributed by atoms with Gasteiger partial charge in [-0.3, -0.25) is 9.63 Å². The van der Waals surface area contributed by atoms with Crippen molar-refractivity contribution < 1.29 is 18.7 Å². The summed E-state index contributed by atoms with van der Waals surface area (Å²) in [5.74, 6) is -0.839. The lowest BCUT2D eigenvalue weighted by Gasteiger charge is -2.25. The number of anilines is 2. The Balaban J connectivity index is 1.72. The van der Waals surface area contributed by atoms with Crippen LogP contribution in [0.25, 0.3) is 0 Å². The molecule has 0 saturated carbocycles. The van der Waals surface area contributed by atoms with E-state index in [0.717, 1.165) is 6.04 Å². The van der Waals surface area contributed by atoms with Gasteiger partial charge in [-0.15, -0.1) is 10.3 Å². The van der Waals surface area contributed by atoms with Crippen molar-refractivity contribution in [3.8, 4) is 0 Å². The number of amides is 1. The molecule has 0 spiro atoms. The molecule has 31 heavy (non-hydrogen) atoms. The van der Waals surface area contributed by atoms with E-state index < -0.39 is 19.8 Å². The van der Waals surface area contributed by atoms with Crippen molar-refractivity contribution in [3.05, 3.63) is 34.7 Å². The highest BCUT2D eigenvalue weighted by molar-refractivity contribution is 6.76. The minimum absolute atomic E-state index is 0.0414. The maximum absolute atomic E-state index is 13.4. The third-order valence-corrected chi connectivity index (χ3v) is 6.33. The molecule has 3 rings (SSSR count). The summed E-state index contributed by atoms with van der Waals surface area (Å²) in [7, 11) is 1.93. The highest BCUT2D eigenvalue weighted by Gasteiger charge is 2.30. The average Bonchev–Trinajstić information content (AvgIpc) is 3.30. The molecular weight excluding hydrogens is 447 g/mol. The van der Waals surface area contributed by atoms with Crippen molar-refractivity contribution in [2.24, 2.45) is 5.10 Å². The van der Waals surface area contributed by atoms with E-state index in [1.165, 1.54) is 40.4 Å². The number of nitrogens with zero attached hydrogens (tertiary/aromatic N) is 6. The molecule has 0 fully saturated rings. The molecule has 2 N–H and O–H groups in total. The van der Waals surface area contributed by atoms with E-state index in [9.17, 15) is 9.18 Å². The van der Waals surface area contributed by atoms with Gasteiger partial charge in [-0.05, 0) is 34.6 Å². The van der Waals surface area contributed by atoms with Crippen LogP contribution in [0.5, 0.6) is 0 Å². The quantitative estimate of drug-likeness (QED) is 0.590. The van der Waals surface area contributed by atoms with E-state index in [1.807, 2.05) is 0 Å². The summed E-state index contributed by atoms with van der Waals surface area (Å²) in [6.07, 6.45) is 0. The molecule has 1 aromatic heterocycles. The minimum atomic E-state index is -1.28. The molecule has 14 heteroatoms. The van der Waals surface area contributed by atoms with Gasteiger partial charge < -0.3 is 10.2 Å². The fraction of sp³-hybridized carbons (Fsp3) is 0.412. The van der Waals surface area contributed by atoms with Crippen LogP contribution in [0.15, 0.2) is 27.9 Å². The number of guanidine groups is 1. The van der Waals surface area contributed by atoms with Crippen LogP contribution >= 0.6 is 11.6 Å². The van der Waals surface area contributed by atoms with Gasteiger partial charge in [0.05, 0.1) is 11.6 Å². The molecule has 0 bridgehead atoms. The first-order valence-electron chi connectivity index (χ1n) is 9.39. The number of rotatable bonds is 7. The zero-order valence-electron chi connectivity index (χ0n) is 17.8. The van der Waals surface area contributed by atoms with Crippen LogP contribution in [0.4, 0.5) is 15.9 Å². The lowest BCUT2D eigenvalue weighted by molar-refractivity contribution is -0.223. The summed E-state index contributed by atoms with van der Waals surface area (Å²) in [4.78, 5) is 20.0. The predicted molar refractivity (Wildman–Crippen MR) is 116 cm³/mol. The number of benzene rings is 1. The zero-order valence-corrected chi connectivity index (χ0v) is 19.6. The van der Waals surface area contributed by atoms with Gasteiger partial charge in [0.15, 0.2) is 0 Å². The molecule has 0 saturated heterocycles. The second-order valence-electron chi connectivity index (χ2n) is 8.02. The molecule has 1 aliphatic rings. The smallest absolute Gasteiger partial charge is 0.284 e. The van der Waals surface area contributed by atoms with Crippen LogP contribution < -0.4 is 15.8 Å².